The maximum absolute atomic E-state index is 3.64. The van der Waals surface area contributed by atoms with E-state index in [9.17, 15) is 0 Å². The van der Waals surface area contributed by atoms with Crippen molar-refractivity contribution in [1.29, 1.82) is 0 Å². The summed E-state index contributed by atoms with van der Waals surface area (Å²) in [5.41, 5.74) is 0.600. The molecule has 0 radical (unpaired) electrons. The standard InChI is InChI=1S/C13H27N/c1-11(2)13(10-14-12(3)4)8-6-5-7-9-13/h11-12,14H,5-10H2,1-4H3. The van der Waals surface area contributed by atoms with Gasteiger partial charge in [0.15, 0.2) is 0 Å². The zero-order chi connectivity index (χ0) is 10.6. The minimum absolute atomic E-state index is 0.600. The van der Waals surface area contributed by atoms with Gasteiger partial charge in [-0.1, -0.05) is 47.0 Å². The third-order valence-corrected chi connectivity index (χ3v) is 3.94. The smallest absolute Gasteiger partial charge is 0.00126 e. The molecule has 1 aliphatic carbocycles. The fraction of sp³-hybridized carbons (Fsp3) is 1.00. The van der Waals surface area contributed by atoms with Crippen molar-refractivity contribution in [3.8, 4) is 0 Å². The highest BCUT2D eigenvalue weighted by Crippen LogP contribution is 2.41. The predicted octanol–water partition coefficient (Wildman–Crippen LogP) is 3.59. The molecule has 0 aliphatic heterocycles. The van der Waals surface area contributed by atoms with E-state index in [0.29, 0.717) is 11.5 Å². The van der Waals surface area contributed by atoms with Gasteiger partial charge in [-0.25, -0.2) is 0 Å². The Hall–Kier alpha value is -0.0400. The van der Waals surface area contributed by atoms with Crippen molar-refractivity contribution in [1.82, 2.24) is 5.32 Å². The van der Waals surface area contributed by atoms with E-state index in [1.165, 1.54) is 38.6 Å². The van der Waals surface area contributed by atoms with Gasteiger partial charge in [0.05, 0.1) is 0 Å². The van der Waals surface area contributed by atoms with Crippen molar-refractivity contribution < 1.29 is 0 Å². The predicted molar refractivity (Wildman–Crippen MR) is 63.5 cm³/mol. The van der Waals surface area contributed by atoms with Crippen molar-refractivity contribution in [3.05, 3.63) is 0 Å². The fourth-order valence-electron chi connectivity index (χ4n) is 2.62. The molecular weight excluding hydrogens is 170 g/mol. The van der Waals surface area contributed by atoms with Crippen LogP contribution in [0.5, 0.6) is 0 Å². The van der Waals surface area contributed by atoms with Crippen molar-refractivity contribution >= 4 is 0 Å². The Labute approximate surface area is 89.7 Å². The number of hydrogen-bond acceptors (Lipinski definition) is 1. The summed E-state index contributed by atoms with van der Waals surface area (Å²) in [5.74, 6) is 0.828. The normalized spacial score (nSPS) is 21.9. The first-order valence-corrected chi connectivity index (χ1v) is 6.30. The molecule has 0 bridgehead atoms. The lowest BCUT2D eigenvalue weighted by Gasteiger charge is -2.41. The second-order valence-corrected chi connectivity index (χ2v) is 5.61. The Morgan fingerprint density at radius 1 is 1.00 bits per heavy atom. The van der Waals surface area contributed by atoms with Gasteiger partial charge in [-0.15, -0.1) is 0 Å². The minimum atomic E-state index is 0.600. The van der Waals surface area contributed by atoms with E-state index in [2.05, 4.69) is 33.0 Å². The van der Waals surface area contributed by atoms with Crippen molar-refractivity contribution in [3.63, 3.8) is 0 Å². The second kappa shape index (κ2) is 5.16. The first-order chi connectivity index (χ1) is 6.57. The molecule has 1 N–H and O–H groups in total. The summed E-state index contributed by atoms with van der Waals surface area (Å²) in [6.45, 7) is 10.5. The Balaban J connectivity index is 2.52. The lowest BCUT2D eigenvalue weighted by molar-refractivity contribution is 0.112. The molecule has 0 aromatic carbocycles. The Morgan fingerprint density at radius 3 is 2.00 bits per heavy atom. The third kappa shape index (κ3) is 2.98. The molecule has 0 atom stereocenters. The van der Waals surface area contributed by atoms with Crippen LogP contribution in [0.3, 0.4) is 0 Å². The van der Waals surface area contributed by atoms with Gasteiger partial charge >= 0.3 is 0 Å². The SMILES string of the molecule is CC(C)NCC1(C(C)C)CCCCC1. The molecule has 1 fully saturated rings. The average molecular weight is 197 g/mol. The molecule has 0 saturated heterocycles. The van der Waals surface area contributed by atoms with Crippen molar-refractivity contribution in [2.24, 2.45) is 11.3 Å². The Bertz CT molecular complexity index is 155. The van der Waals surface area contributed by atoms with Gasteiger partial charge in [0, 0.05) is 12.6 Å². The molecule has 0 aromatic heterocycles. The topological polar surface area (TPSA) is 12.0 Å². The van der Waals surface area contributed by atoms with E-state index >= 15 is 0 Å². The van der Waals surface area contributed by atoms with Crippen LogP contribution in [0.1, 0.15) is 59.8 Å². The van der Waals surface area contributed by atoms with Crippen LogP contribution in [0.4, 0.5) is 0 Å². The van der Waals surface area contributed by atoms with Crippen LogP contribution < -0.4 is 5.32 Å². The molecule has 1 aliphatic rings. The van der Waals surface area contributed by atoms with E-state index in [1.54, 1.807) is 0 Å². The number of rotatable bonds is 4. The summed E-state index contributed by atoms with van der Waals surface area (Å²) in [6.07, 6.45) is 7.21. The number of hydrogen-bond donors (Lipinski definition) is 1. The molecule has 1 heteroatoms. The molecule has 84 valence electrons. The summed E-state index contributed by atoms with van der Waals surface area (Å²) in [4.78, 5) is 0. The van der Waals surface area contributed by atoms with Crippen molar-refractivity contribution in [2.45, 2.75) is 65.8 Å². The van der Waals surface area contributed by atoms with Crippen LogP contribution in [0.15, 0.2) is 0 Å². The molecule has 0 aromatic rings. The molecule has 0 heterocycles. The van der Waals surface area contributed by atoms with Crippen LogP contribution in [-0.4, -0.2) is 12.6 Å². The monoisotopic (exact) mass is 197 g/mol. The first kappa shape index (κ1) is 12.0. The van der Waals surface area contributed by atoms with Crippen LogP contribution in [-0.2, 0) is 0 Å². The molecule has 0 spiro atoms. The van der Waals surface area contributed by atoms with Gasteiger partial charge in [0.25, 0.3) is 0 Å². The summed E-state index contributed by atoms with van der Waals surface area (Å²) < 4.78 is 0. The van der Waals surface area contributed by atoms with Crippen LogP contribution >= 0.6 is 0 Å². The Morgan fingerprint density at radius 2 is 1.57 bits per heavy atom. The van der Waals surface area contributed by atoms with Gasteiger partial charge in [-0.3, -0.25) is 0 Å². The van der Waals surface area contributed by atoms with Crippen LogP contribution in [0, 0.1) is 11.3 Å². The van der Waals surface area contributed by atoms with E-state index < -0.39 is 0 Å². The highest BCUT2D eigenvalue weighted by atomic mass is 14.9. The summed E-state index contributed by atoms with van der Waals surface area (Å²) in [6, 6.07) is 0.632. The lowest BCUT2D eigenvalue weighted by atomic mass is 9.67. The zero-order valence-electron chi connectivity index (χ0n) is 10.4. The molecule has 1 saturated carbocycles. The lowest BCUT2D eigenvalue weighted by Crippen LogP contribution is -2.42. The van der Waals surface area contributed by atoms with E-state index in [0.717, 1.165) is 5.92 Å². The largest absolute Gasteiger partial charge is 0.314 e. The quantitative estimate of drug-likeness (QED) is 0.726. The maximum atomic E-state index is 3.64. The fourth-order valence-corrected chi connectivity index (χ4v) is 2.62. The van der Waals surface area contributed by atoms with Gasteiger partial charge in [0.2, 0.25) is 0 Å². The Kier molecular flexibility index (Phi) is 4.43. The summed E-state index contributed by atoms with van der Waals surface area (Å²) in [7, 11) is 0. The average Bonchev–Trinajstić information content (AvgIpc) is 2.16. The molecule has 14 heavy (non-hydrogen) atoms. The number of nitrogens with one attached hydrogen (secondary N) is 1. The third-order valence-electron chi connectivity index (χ3n) is 3.94. The minimum Gasteiger partial charge on any atom is -0.314 e. The van der Waals surface area contributed by atoms with Crippen molar-refractivity contribution in [2.75, 3.05) is 6.54 Å². The van der Waals surface area contributed by atoms with Gasteiger partial charge < -0.3 is 5.32 Å². The van der Waals surface area contributed by atoms with Crippen LogP contribution in [0.2, 0.25) is 0 Å². The van der Waals surface area contributed by atoms with E-state index in [4.69, 9.17) is 0 Å². The molecule has 0 unspecified atom stereocenters. The second-order valence-electron chi connectivity index (χ2n) is 5.61. The summed E-state index contributed by atoms with van der Waals surface area (Å²) in [5, 5.41) is 3.64. The van der Waals surface area contributed by atoms with E-state index in [1.807, 2.05) is 0 Å². The summed E-state index contributed by atoms with van der Waals surface area (Å²) >= 11 is 0. The highest BCUT2D eigenvalue weighted by molar-refractivity contribution is 4.87. The molecule has 0 amide bonds. The first-order valence-electron chi connectivity index (χ1n) is 6.30. The molecule has 1 rings (SSSR count). The zero-order valence-corrected chi connectivity index (χ0v) is 10.4. The van der Waals surface area contributed by atoms with Gasteiger partial charge in [-0.05, 0) is 24.2 Å². The van der Waals surface area contributed by atoms with Gasteiger partial charge in [-0.2, -0.15) is 0 Å². The van der Waals surface area contributed by atoms with Crippen LogP contribution in [0.25, 0.3) is 0 Å². The molecule has 1 nitrogen and oxygen atoms in total. The van der Waals surface area contributed by atoms with E-state index in [-0.39, 0.29) is 0 Å². The van der Waals surface area contributed by atoms with Gasteiger partial charge in [0.1, 0.15) is 0 Å². The highest BCUT2D eigenvalue weighted by Gasteiger charge is 2.34. The maximum Gasteiger partial charge on any atom is 0.00126 e. The molecular formula is C13H27N.